The SMILES string of the molecule is CCCCc1ccc2c(c1)C(C1c3cccc4c(-c5cccc(-c6cc(-c7ccccc7)cc(-c7ccccc7)c6)c5)cn5c6ccccc6c(=O)[n+]1c5c34)CC(CC)(CC)[n+]1ccccc1-2. The number of hydrogen-bond donors (Lipinski definition) is 0. The maximum atomic E-state index is 15.5. The van der Waals surface area contributed by atoms with Gasteiger partial charge in [-0.15, -0.1) is 0 Å². The second kappa shape index (κ2) is 16.5. The monoisotopic (exact) mass is 869 g/mol. The van der Waals surface area contributed by atoms with E-state index in [1.807, 2.05) is 12.1 Å². The third-order valence-corrected chi connectivity index (χ3v) is 15.5. The summed E-state index contributed by atoms with van der Waals surface area (Å²) in [5.74, 6) is 0.0273. The van der Waals surface area contributed by atoms with Gasteiger partial charge in [-0.1, -0.05) is 149 Å². The van der Waals surface area contributed by atoms with Crippen molar-refractivity contribution < 1.29 is 9.13 Å². The van der Waals surface area contributed by atoms with Gasteiger partial charge in [-0.25, -0.2) is 4.79 Å². The first-order valence-electron chi connectivity index (χ1n) is 24.4. The molecule has 0 N–H and O–H groups in total. The van der Waals surface area contributed by atoms with Crippen LogP contribution in [0.4, 0.5) is 0 Å². The first-order valence-corrected chi connectivity index (χ1v) is 24.4. The lowest BCUT2D eigenvalue weighted by atomic mass is 9.75. The van der Waals surface area contributed by atoms with Gasteiger partial charge >= 0.3 is 5.56 Å². The van der Waals surface area contributed by atoms with Crippen LogP contribution < -0.4 is 14.7 Å². The third kappa shape index (κ3) is 6.60. The molecule has 10 aromatic rings. The van der Waals surface area contributed by atoms with E-state index in [-0.39, 0.29) is 23.1 Å². The Morgan fingerprint density at radius 1 is 0.567 bits per heavy atom. The smallest absolute Gasteiger partial charge is 0.241 e. The van der Waals surface area contributed by atoms with Crippen molar-refractivity contribution in [3.8, 4) is 55.8 Å². The first kappa shape index (κ1) is 41.0. The van der Waals surface area contributed by atoms with Gasteiger partial charge < -0.3 is 0 Å². The number of fused-ring (bicyclic) bond motifs is 5. The molecule has 2 atom stereocenters. The standard InChI is InChI=1S/C63H55N3O/c1-4-7-20-42-32-33-50-54(35-42)55(40-63(5-2,6-3)65-34-17-16-31-58(50)65)60-53-29-19-28-51-56(41-64-57-30-15-14-27-52(57)62(67)66(60)61(64)59(51)53)46-26-18-25-45(36-46)49-38-47(43-21-10-8-11-22-43)37-48(39-49)44-23-12-9-13-24-44/h8-19,21-39,41,55,60H,4-7,20,40H2,1-3H3/q+2. The fourth-order valence-electron chi connectivity index (χ4n) is 12.0. The van der Waals surface area contributed by atoms with E-state index in [0.29, 0.717) is 0 Å². The summed E-state index contributed by atoms with van der Waals surface area (Å²) in [4.78, 5) is 15.5. The number of aromatic nitrogens is 3. The summed E-state index contributed by atoms with van der Waals surface area (Å²) in [7, 11) is 0. The van der Waals surface area contributed by atoms with E-state index in [1.165, 1.54) is 66.5 Å². The molecule has 0 amide bonds. The van der Waals surface area contributed by atoms with Crippen LogP contribution in [0.5, 0.6) is 0 Å². The van der Waals surface area contributed by atoms with Gasteiger partial charge in [0.2, 0.25) is 5.69 Å². The van der Waals surface area contributed by atoms with Crippen molar-refractivity contribution in [1.82, 2.24) is 4.40 Å². The van der Waals surface area contributed by atoms with Crippen molar-refractivity contribution in [2.45, 2.75) is 76.8 Å². The van der Waals surface area contributed by atoms with Crippen LogP contribution in [0.3, 0.4) is 0 Å². The Morgan fingerprint density at radius 3 is 1.93 bits per heavy atom. The second-order valence-corrected chi connectivity index (χ2v) is 19.0. The van der Waals surface area contributed by atoms with E-state index < -0.39 is 0 Å². The molecule has 0 saturated carbocycles. The van der Waals surface area contributed by atoms with E-state index in [2.05, 4.69) is 217 Å². The van der Waals surface area contributed by atoms with E-state index in [0.717, 1.165) is 71.8 Å². The summed E-state index contributed by atoms with van der Waals surface area (Å²) < 4.78 is 7.14. The molecule has 2 aliphatic rings. The Morgan fingerprint density at radius 2 is 1.19 bits per heavy atom. The number of rotatable bonds is 10. The highest BCUT2D eigenvalue weighted by molar-refractivity contribution is 6.07. The van der Waals surface area contributed by atoms with Gasteiger partial charge in [0.25, 0.3) is 5.65 Å². The molecule has 326 valence electrons. The molecule has 0 fully saturated rings. The zero-order valence-electron chi connectivity index (χ0n) is 38.6. The van der Waals surface area contributed by atoms with Crippen LogP contribution in [0, 0.1) is 0 Å². The molecule has 0 radical (unpaired) electrons. The van der Waals surface area contributed by atoms with Gasteiger partial charge in [0.05, 0.1) is 5.39 Å². The molecule has 5 heterocycles. The highest BCUT2D eigenvalue weighted by atomic mass is 16.1. The molecule has 0 saturated heterocycles. The van der Waals surface area contributed by atoms with Crippen molar-refractivity contribution in [1.29, 1.82) is 0 Å². The number of hydrogen-bond acceptors (Lipinski definition) is 1. The van der Waals surface area contributed by atoms with Crippen LogP contribution in [0.2, 0.25) is 0 Å². The maximum absolute atomic E-state index is 15.5. The Bertz CT molecular complexity index is 3550. The number of pyridine rings is 2. The van der Waals surface area contributed by atoms with Crippen LogP contribution >= 0.6 is 0 Å². The molecule has 0 spiro atoms. The van der Waals surface area contributed by atoms with Crippen LogP contribution in [-0.4, -0.2) is 4.40 Å². The lowest BCUT2D eigenvalue weighted by Gasteiger charge is -2.31. The second-order valence-electron chi connectivity index (χ2n) is 19.0. The van der Waals surface area contributed by atoms with E-state index >= 15 is 4.79 Å². The number of unbranched alkanes of at least 4 members (excludes halogenated alkanes) is 1. The predicted molar refractivity (Wildman–Crippen MR) is 275 cm³/mol. The van der Waals surface area contributed by atoms with E-state index in [1.54, 1.807) is 0 Å². The minimum Gasteiger partial charge on any atom is -0.241 e. The van der Waals surface area contributed by atoms with E-state index in [4.69, 9.17) is 0 Å². The fourth-order valence-corrected chi connectivity index (χ4v) is 12.0. The van der Waals surface area contributed by atoms with Gasteiger partial charge in [-0.3, -0.25) is 0 Å². The number of para-hydroxylation sites is 1. The summed E-state index contributed by atoms with van der Waals surface area (Å²) in [6.45, 7) is 6.99. The molecule has 12 rings (SSSR count). The average Bonchev–Trinajstić information content (AvgIpc) is 3.69. The third-order valence-electron chi connectivity index (χ3n) is 15.5. The molecular formula is C63H55N3O+2. The molecule has 0 bridgehead atoms. The fraction of sp³-hybridized carbons (Fsp3) is 0.190. The van der Waals surface area contributed by atoms with Crippen molar-refractivity contribution in [2.24, 2.45) is 0 Å². The molecule has 4 heteroatoms. The van der Waals surface area contributed by atoms with Gasteiger partial charge in [0, 0.05) is 59.4 Å². The number of aryl methyl sites for hydroxylation is 1. The van der Waals surface area contributed by atoms with E-state index in [9.17, 15) is 0 Å². The van der Waals surface area contributed by atoms with Crippen molar-refractivity contribution in [3.63, 3.8) is 0 Å². The molecule has 4 nitrogen and oxygen atoms in total. The normalized spacial score (nSPS) is 15.8. The quantitative estimate of drug-likeness (QED) is 0.0994. The summed E-state index contributed by atoms with van der Waals surface area (Å²) in [5, 5.41) is 3.08. The highest BCUT2D eigenvalue weighted by Crippen LogP contribution is 2.51. The lowest BCUT2D eigenvalue weighted by Crippen LogP contribution is -2.59. The zero-order valence-corrected chi connectivity index (χ0v) is 38.6. The highest BCUT2D eigenvalue weighted by Gasteiger charge is 2.51. The molecular weight excluding hydrogens is 815 g/mol. The summed E-state index contributed by atoms with van der Waals surface area (Å²) >= 11 is 0. The molecule has 2 unspecified atom stereocenters. The van der Waals surface area contributed by atoms with Crippen molar-refractivity contribution in [3.05, 3.63) is 221 Å². The lowest BCUT2D eigenvalue weighted by molar-refractivity contribution is -0.760. The van der Waals surface area contributed by atoms with Gasteiger partial charge in [0.15, 0.2) is 11.7 Å². The molecule has 2 aliphatic heterocycles. The molecule has 3 aromatic heterocycles. The minimum atomic E-state index is -0.211. The number of benzene rings is 7. The molecule has 67 heavy (non-hydrogen) atoms. The van der Waals surface area contributed by atoms with Crippen LogP contribution in [0.25, 0.3) is 83.1 Å². The zero-order chi connectivity index (χ0) is 45.2. The summed E-state index contributed by atoms with van der Waals surface area (Å²) in [6.07, 6.45) is 10.8. The topological polar surface area (TPSA) is 29.2 Å². The van der Waals surface area contributed by atoms with Crippen molar-refractivity contribution in [2.75, 3.05) is 0 Å². The average molecular weight is 870 g/mol. The Labute approximate surface area is 393 Å². The summed E-state index contributed by atoms with van der Waals surface area (Å²) in [5.41, 5.74) is 17.7. The Hall–Kier alpha value is -7.43. The van der Waals surface area contributed by atoms with Crippen molar-refractivity contribution >= 4 is 27.3 Å². The Balaban J connectivity index is 1.10. The molecule has 7 aromatic carbocycles. The Kier molecular flexibility index (Phi) is 10.1. The summed E-state index contributed by atoms with van der Waals surface area (Å²) in [6, 6.07) is 66.3. The molecule has 0 aliphatic carbocycles. The first-order chi connectivity index (χ1) is 33.0. The van der Waals surface area contributed by atoms with Crippen LogP contribution in [-0.2, 0) is 12.0 Å². The maximum Gasteiger partial charge on any atom is 0.346 e. The van der Waals surface area contributed by atoms with Gasteiger partial charge in [-0.2, -0.15) is 13.5 Å². The number of nitrogens with zero attached hydrogens (tertiary/aromatic N) is 3. The predicted octanol–water partition coefficient (Wildman–Crippen LogP) is 14.5. The van der Waals surface area contributed by atoms with Crippen LogP contribution in [0.15, 0.2) is 199 Å². The van der Waals surface area contributed by atoms with Gasteiger partial charge in [-0.05, 0) is 111 Å². The minimum absolute atomic E-state index is 0.0273. The largest absolute Gasteiger partial charge is 0.346 e. The van der Waals surface area contributed by atoms with Crippen LogP contribution in [0.1, 0.15) is 81.5 Å². The van der Waals surface area contributed by atoms with Gasteiger partial charge in [0.1, 0.15) is 23.1 Å².